The Morgan fingerprint density at radius 1 is 0.962 bits per heavy atom. The quantitative estimate of drug-likeness (QED) is 0.789. The van der Waals surface area contributed by atoms with Gasteiger partial charge < -0.3 is 14.2 Å². The van der Waals surface area contributed by atoms with E-state index in [-0.39, 0.29) is 6.29 Å². The number of benzene rings is 2. The first-order valence-corrected chi connectivity index (χ1v) is 9.22. The van der Waals surface area contributed by atoms with Crippen LogP contribution in [0.3, 0.4) is 0 Å². The lowest BCUT2D eigenvalue weighted by Gasteiger charge is -2.20. The molecule has 3 aliphatic rings. The minimum atomic E-state index is -0.286. The fourth-order valence-electron chi connectivity index (χ4n) is 4.80. The van der Waals surface area contributed by atoms with E-state index in [9.17, 15) is 5.26 Å². The van der Waals surface area contributed by atoms with Gasteiger partial charge in [0.05, 0.1) is 6.10 Å². The van der Waals surface area contributed by atoms with Gasteiger partial charge in [0.25, 0.3) is 0 Å². The van der Waals surface area contributed by atoms with Gasteiger partial charge in [0.1, 0.15) is 17.6 Å². The number of rotatable bonds is 5. The number of hydrogen-bond donors (Lipinski definition) is 0. The van der Waals surface area contributed by atoms with Crippen molar-refractivity contribution in [2.45, 2.75) is 31.7 Å². The molecule has 2 saturated carbocycles. The SMILES string of the molecule is N#C[C](O[C@H]1O[C@H]2C[C@H]3C[C@H]1[C@@H]2C3)c1cccc(Oc2ccccc2)c1. The summed E-state index contributed by atoms with van der Waals surface area (Å²) in [5, 5.41) is 9.63. The number of nitriles is 1. The summed E-state index contributed by atoms with van der Waals surface area (Å²) in [6.07, 6.45) is 3.93. The van der Waals surface area contributed by atoms with Crippen molar-refractivity contribution >= 4 is 0 Å². The Bertz CT molecular complexity index is 829. The lowest BCUT2D eigenvalue weighted by atomic mass is 9.89. The average molecular weight is 346 g/mol. The normalized spacial score (nSPS) is 31.3. The summed E-state index contributed by atoms with van der Waals surface area (Å²) >= 11 is 0. The van der Waals surface area contributed by atoms with Gasteiger partial charge >= 0.3 is 0 Å². The van der Waals surface area contributed by atoms with Crippen LogP contribution in [-0.4, -0.2) is 12.4 Å². The van der Waals surface area contributed by atoms with E-state index in [0.29, 0.717) is 29.8 Å². The molecule has 1 heterocycles. The molecular weight excluding hydrogens is 326 g/mol. The molecule has 26 heavy (non-hydrogen) atoms. The van der Waals surface area contributed by atoms with Crippen molar-refractivity contribution in [1.82, 2.24) is 0 Å². The molecule has 1 aliphatic heterocycles. The molecule has 4 heteroatoms. The van der Waals surface area contributed by atoms with E-state index in [1.807, 2.05) is 54.6 Å². The lowest BCUT2D eigenvalue weighted by Crippen LogP contribution is -2.23. The summed E-state index contributed by atoms with van der Waals surface area (Å²) in [4.78, 5) is 0. The number of ether oxygens (including phenoxy) is 3. The molecule has 1 saturated heterocycles. The third kappa shape index (κ3) is 2.78. The van der Waals surface area contributed by atoms with Crippen molar-refractivity contribution in [3.8, 4) is 17.6 Å². The first kappa shape index (κ1) is 15.9. The van der Waals surface area contributed by atoms with Crippen LogP contribution < -0.4 is 4.74 Å². The van der Waals surface area contributed by atoms with E-state index >= 15 is 0 Å². The molecule has 5 atom stereocenters. The summed E-state index contributed by atoms with van der Waals surface area (Å²) in [5.74, 6) is 3.29. The third-order valence-electron chi connectivity index (χ3n) is 5.87. The van der Waals surface area contributed by atoms with Crippen LogP contribution in [0, 0.1) is 35.2 Å². The topological polar surface area (TPSA) is 51.5 Å². The molecule has 4 nitrogen and oxygen atoms in total. The van der Waals surface area contributed by atoms with E-state index < -0.39 is 0 Å². The smallest absolute Gasteiger partial charge is 0.229 e. The number of nitrogens with zero attached hydrogens (tertiary/aromatic N) is 1. The standard InChI is InChI=1S/C22H20NO3/c23-13-21(26-22-19-10-14-9-18(19)20(11-14)25-22)15-5-4-8-17(12-15)24-16-6-2-1-3-7-16/h1-8,12,14,18-20,22H,9-11H2/t14-,18+,19+,20+,22-/m1/s1. The zero-order valence-electron chi connectivity index (χ0n) is 14.4. The highest BCUT2D eigenvalue weighted by atomic mass is 16.7. The first-order valence-electron chi connectivity index (χ1n) is 9.22. The Hall–Kier alpha value is -2.35. The zero-order valence-corrected chi connectivity index (χ0v) is 14.4. The molecule has 0 unspecified atom stereocenters. The Morgan fingerprint density at radius 2 is 1.77 bits per heavy atom. The molecule has 0 amide bonds. The van der Waals surface area contributed by atoms with Gasteiger partial charge in [-0.15, -0.1) is 0 Å². The second kappa shape index (κ2) is 6.42. The highest BCUT2D eigenvalue weighted by Gasteiger charge is 2.56. The maximum Gasteiger partial charge on any atom is 0.229 e. The minimum Gasteiger partial charge on any atom is -0.457 e. The molecule has 2 aromatic carbocycles. The fourth-order valence-corrected chi connectivity index (χ4v) is 4.80. The molecule has 0 N–H and O–H groups in total. The van der Waals surface area contributed by atoms with Crippen LogP contribution in [-0.2, 0) is 9.47 Å². The summed E-state index contributed by atoms with van der Waals surface area (Å²) in [5.41, 5.74) is 0.721. The monoisotopic (exact) mass is 346 g/mol. The Balaban J connectivity index is 1.32. The zero-order chi connectivity index (χ0) is 17.5. The van der Waals surface area contributed by atoms with Gasteiger partial charge in [-0.2, -0.15) is 5.26 Å². The van der Waals surface area contributed by atoms with Gasteiger partial charge in [-0.25, -0.2) is 0 Å². The molecule has 3 fully saturated rings. The summed E-state index contributed by atoms with van der Waals surface area (Å²) in [7, 11) is 0. The number of para-hydroxylation sites is 1. The molecule has 2 aromatic rings. The lowest BCUT2D eigenvalue weighted by molar-refractivity contribution is -0.128. The molecular formula is C22H20NO3. The average Bonchev–Trinajstić information content (AvgIpc) is 3.30. The van der Waals surface area contributed by atoms with Crippen molar-refractivity contribution in [3.05, 3.63) is 66.3 Å². The molecule has 2 bridgehead atoms. The second-order valence-corrected chi connectivity index (χ2v) is 7.45. The molecule has 131 valence electrons. The number of fused-ring (bicyclic) bond motifs is 1. The molecule has 0 aromatic heterocycles. The Morgan fingerprint density at radius 3 is 2.54 bits per heavy atom. The van der Waals surface area contributed by atoms with Gasteiger partial charge in [0.15, 0.2) is 6.29 Å². The largest absolute Gasteiger partial charge is 0.457 e. The predicted molar refractivity (Wildman–Crippen MR) is 95.0 cm³/mol. The van der Waals surface area contributed by atoms with Crippen LogP contribution >= 0.6 is 0 Å². The first-order chi connectivity index (χ1) is 12.8. The van der Waals surface area contributed by atoms with Crippen LogP contribution in [0.15, 0.2) is 54.6 Å². The summed E-state index contributed by atoms with van der Waals surface area (Å²) in [6.45, 7) is 0. The van der Waals surface area contributed by atoms with Crippen molar-refractivity contribution < 1.29 is 14.2 Å². The van der Waals surface area contributed by atoms with Crippen molar-refractivity contribution in [2.24, 2.45) is 17.8 Å². The van der Waals surface area contributed by atoms with Gasteiger partial charge in [0, 0.05) is 11.5 Å². The van der Waals surface area contributed by atoms with Gasteiger partial charge in [-0.1, -0.05) is 30.3 Å². The van der Waals surface area contributed by atoms with Crippen LogP contribution in [0.25, 0.3) is 0 Å². The van der Waals surface area contributed by atoms with Gasteiger partial charge in [-0.3, -0.25) is 0 Å². The highest BCUT2D eigenvalue weighted by molar-refractivity contribution is 5.42. The Kier molecular flexibility index (Phi) is 3.92. The van der Waals surface area contributed by atoms with Crippen molar-refractivity contribution in [1.29, 1.82) is 5.26 Å². The van der Waals surface area contributed by atoms with Crippen LogP contribution in [0.5, 0.6) is 11.5 Å². The van der Waals surface area contributed by atoms with Crippen LogP contribution in [0.4, 0.5) is 0 Å². The maximum absolute atomic E-state index is 9.63. The highest BCUT2D eigenvalue weighted by Crippen LogP contribution is 2.56. The Labute approximate surface area is 153 Å². The van der Waals surface area contributed by atoms with Crippen LogP contribution in [0.2, 0.25) is 0 Å². The van der Waals surface area contributed by atoms with E-state index in [2.05, 4.69) is 6.07 Å². The summed E-state index contributed by atoms with van der Waals surface area (Å²) < 4.78 is 18.0. The van der Waals surface area contributed by atoms with E-state index in [4.69, 9.17) is 14.2 Å². The molecule has 0 spiro atoms. The predicted octanol–water partition coefficient (Wildman–Crippen LogP) is 4.67. The second-order valence-electron chi connectivity index (χ2n) is 7.45. The minimum absolute atomic E-state index is 0.286. The number of hydrogen-bond acceptors (Lipinski definition) is 4. The van der Waals surface area contributed by atoms with E-state index in [1.54, 1.807) is 0 Å². The third-order valence-corrected chi connectivity index (χ3v) is 5.87. The van der Waals surface area contributed by atoms with E-state index in [1.165, 1.54) is 12.8 Å². The fraction of sp³-hybridized carbons (Fsp3) is 0.364. The van der Waals surface area contributed by atoms with Crippen LogP contribution in [0.1, 0.15) is 24.8 Å². The van der Waals surface area contributed by atoms with E-state index in [0.717, 1.165) is 23.7 Å². The maximum atomic E-state index is 9.63. The molecule has 5 rings (SSSR count). The van der Waals surface area contributed by atoms with Crippen molar-refractivity contribution in [2.75, 3.05) is 0 Å². The molecule has 2 aliphatic carbocycles. The van der Waals surface area contributed by atoms with Gasteiger partial charge in [-0.05, 0) is 55.4 Å². The van der Waals surface area contributed by atoms with Crippen molar-refractivity contribution in [3.63, 3.8) is 0 Å². The van der Waals surface area contributed by atoms with Gasteiger partial charge in [0.2, 0.25) is 6.10 Å². The molecule has 1 radical (unpaired) electrons. The summed E-state index contributed by atoms with van der Waals surface area (Å²) in [6, 6.07) is 19.3.